The summed E-state index contributed by atoms with van der Waals surface area (Å²) in [6.45, 7) is 0. The third kappa shape index (κ3) is 2.44. The van der Waals surface area contributed by atoms with Crippen molar-refractivity contribution in [2.24, 2.45) is 5.14 Å². The third-order valence-corrected chi connectivity index (χ3v) is 2.81. The summed E-state index contributed by atoms with van der Waals surface area (Å²) in [6.07, 6.45) is -3.01. The number of nitrogens with two attached hydrogens (primary N) is 1. The number of nitrogens with zero attached hydrogens (tertiary/aromatic N) is 2. The van der Waals surface area contributed by atoms with Gasteiger partial charge in [-0.3, -0.25) is 0 Å². The molecule has 0 atom stereocenters. The van der Waals surface area contributed by atoms with Gasteiger partial charge in [-0.15, -0.1) is 0 Å². The zero-order valence-corrected chi connectivity index (χ0v) is 9.06. The SMILES string of the molecule is N#Cc1nc(C(F)F)c(Cl)cc1S(N)(=O)=O. The Bertz CT molecular complexity index is 568. The summed E-state index contributed by atoms with van der Waals surface area (Å²) in [7, 11) is -4.22. The van der Waals surface area contributed by atoms with Crippen LogP contribution in [-0.4, -0.2) is 13.4 Å². The molecule has 0 saturated heterocycles. The standard InChI is InChI=1S/C7H4ClF2N3O2S/c8-3-1-5(16(12,14)15)4(2-11)13-6(3)7(9)10/h1,7H,(H2,12,14,15). The highest BCUT2D eigenvalue weighted by Gasteiger charge is 2.22. The maximum absolute atomic E-state index is 12.3. The van der Waals surface area contributed by atoms with Crippen LogP contribution >= 0.6 is 11.6 Å². The Balaban J connectivity index is 3.59. The highest BCUT2D eigenvalue weighted by atomic mass is 35.5. The van der Waals surface area contributed by atoms with Crippen LogP contribution in [0.1, 0.15) is 17.8 Å². The second-order valence-corrected chi connectivity index (χ2v) is 4.60. The van der Waals surface area contributed by atoms with Crippen molar-refractivity contribution < 1.29 is 17.2 Å². The summed E-state index contributed by atoms with van der Waals surface area (Å²) < 4.78 is 46.6. The van der Waals surface area contributed by atoms with Crippen molar-refractivity contribution in [3.63, 3.8) is 0 Å². The molecule has 0 spiro atoms. The minimum Gasteiger partial charge on any atom is -0.233 e. The molecular weight excluding hydrogens is 264 g/mol. The number of rotatable bonds is 2. The molecule has 1 rings (SSSR count). The Morgan fingerprint density at radius 3 is 2.50 bits per heavy atom. The Labute approximate surface area is 94.5 Å². The fourth-order valence-corrected chi connectivity index (χ4v) is 1.88. The molecule has 0 saturated carbocycles. The maximum atomic E-state index is 12.3. The molecule has 1 aromatic rings. The van der Waals surface area contributed by atoms with E-state index in [0.717, 1.165) is 0 Å². The molecule has 9 heteroatoms. The van der Waals surface area contributed by atoms with E-state index in [1.165, 1.54) is 6.07 Å². The van der Waals surface area contributed by atoms with Crippen LogP contribution in [0.2, 0.25) is 5.02 Å². The molecule has 0 fully saturated rings. The van der Waals surface area contributed by atoms with Crippen molar-refractivity contribution in [1.82, 2.24) is 4.98 Å². The molecule has 0 aliphatic carbocycles. The first-order valence-electron chi connectivity index (χ1n) is 3.69. The van der Waals surface area contributed by atoms with E-state index in [0.29, 0.717) is 6.07 Å². The molecule has 2 N–H and O–H groups in total. The quantitative estimate of drug-likeness (QED) is 0.870. The van der Waals surface area contributed by atoms with E-state index in [9.17, 15) is 17.2 Å². The van der Waals surface area contributed by atoms with E-state index in [1.807, 2.05) is 0 Å². The number of sulfonamides is 1. The Morgan fingerprint density at radius 1 is 1.56 bits per heavy atom. The normalized spacial score (nSPS) is 11.5. The van der Waals surface area contributed by atoms with Gasteiger partial charge in [-0.1, -0.05) is 11.6 Å². The second-order valence-electron chi connectivity index (χ2n) is 2.66. The van der Waals surface area contributed by atoms with Crippen molar-refractivity contribution in [3.05, 3.63) is 22.5 Å². The van der Waals surface area contributed by atoms with Crippen molar-refractivity contribution >= 4 is 21.6 Å². The van der Waals surface area contributed by atoms with Crippen molar-refractivity contribution in [1.29, 1.82) is 5.26 Å². The van der Waals surface area contributed by atoms with Crippen LogP contribution in [0, 0.1) is 11.3 Å². The highest BCUT2D eigenvalue weighted by molar-refractivity contribution is 7.89. The largest absolute Gasteiger partial charge is 0.281 e. The van der Waals surface area contributed by atoms with E-state index >= 15 is 0 Å². The van der Waals surface area contributed by atoms with Crippen LogP contribution in [0.5, 0.6) is 0 Å². The molecule has 0 bridgehead atoms. The van der Waals surface area contributed by atoms with Crippen LogP contribution in [0.25, 0.3) is 0 Å². The van der Waals surface area contributed by atoms with Gasteiger partial charge in [0.1, 0.15) is 16.7 Å². The van der Waals surface area contributed by atoms with Gasteiger partial charge in [0.15, 0.2) is 5.69 Å². The van der Waals surface area contributed by atoms with Crippen LogP contribution in [0.4, 0.5) is 8.78 Å². The van der Waals surface area contributed by atoms with Crippen molar-refractivity contribution in [2.45, 2.75) is 11.3 Å². The molecule has 0 aromatic carbocycles. The summed E-state index contributed by atoms with van der Waals surface area (Å²) in [5.74, 6) is 0. The number of pyridine rings is 1. The topological polar surface area (TPSA) is 96.8 Å². The number of alkyl halides is 2. The summed E-state index contributed by atoms with van der Waals surface area (Å²) in [4.78, 5) is 2.48. The van der Waals surface area contributed by atoms with Gasteiger partial charge in [0.2, 0.25) is 10.0 Å². The fourth-order valence-electron chi connectivity index (χ4n) is 0.936. The number of aromatic nitrogens is 1. The van der Waals surface area contributed by atoms with E-state index < -0.39 is 37.8 Å². The molecule has 5 nitrogen and oxygen atoms in total. The number of hydrogen-bond donors (Lipinski definition) is 1. The van der Waals surface area contributed by atoms with Gasteiger partial charge in [-0.2, -0.15) is 5.26 Å². The molecule has 0 aliphatic heterocycles. The van der Waals surface area contributed by atoms with Gasteiger partial charge >= 0.3 is 0 Å². The second kappa shape index (κ2) is 4.29. The van der Waals surface area contributed by atoms with Gasteiger partial charge in [-0.05, 0) is 6.07 Å². The molecular formula is C7H4ClF2N3O2S. The molecule has 0 aliphatic rings. The average Bonchev–Trinajstić information content (AvgIpc) is 2.15. The summed E-state index contributed by atoms with van der Waals surface area (Å²) in [5, 5.41) is 12.8. The minimum atomic E-state index is -4.22. The van der Waals surface area contributed by atoms with Crippen LogP contribution in [-0.2, 0) is 10.0 Å². The number of hydrogen-bond acceptors (Lipinski definition) is 4. The first-order chi connectivity index (χ1) is 7.27. The minimum absolute atomic E-state index is 0.557. The lowest BCUT2D eigenvalue weighted by atomic mass is 10.3. The van der Waals surface area contributed by atoms with Gasteiger partial charge < -0.3 is 0 Å². The lowest BCUT2D eigenvalue weighted by Gasteiger charge is -2.06. The van der Waals surface area contributed by atoms with E-state index in [2.05, 4.69) is 4.98 Å². The van der Waals surface area contributed by atoms with Gasteiger partial charge in [0.05, 0.1) is 5.02 Å². The highest BCUT2D eigenvalue weighted by Crippen LogP contribution is 2.28. The third-order valence-electron chi connectivity index (χ3n) is 1.59. The molecule has 16 heavy (non-hydrogen) atoms. The molecule has 1 aromatic heterocycles. The zero-order chi connectivity index (χ0) is 12.5. The van der Waals surface area contributed by atoms with Crippen molar-refractivity contribution in [2.75, 3.05) is 0 Å². The monoisotopic (exact) mass is 267 g/mol. The Kier molecular flexibility index (Phi) is 3.42. The van der Waals surface area contributed by atoms with Crippen LogP contribution < -0.4 is 5.14 Å². The predicted octanol–water partition coefficient (Wildman–Crippen LogP) is 1.19. The predicted molar refractivity (Wildman–Crippen MR) is 50.3 cm³/mol. The van der Waals surface area contributed by atoms with Gasteiger partial charge in [0, 0.05) is 0 Å². The molecule has 0 amide bonds. The zero-order valence-electron chi connectivity index (χ0n) is 7.49. The Hall–Kier alpha value is -1.30. The van der Waals surface area contributed by atoms with Crippen LogP contribution in [0.15, 0.2) is 11.0 Å². The van der Waals surface area contributed by atoms with Gasteiger partial charge in [-0.25, -0.2) is 27.3 Å². The van der Waals surface area contributed by atoms with Gasteiger partial charge in [0.25, 0.3) is 6.43 Å². The fraction of sp³-hybridized carbons (Fsp3) is 0.143. The number of nitriles is 1. The molecule has 0 unspecified atom stereocenters. The van der Waals surface area contributed by atoms with E-state index in [4.69, 9.17) is 22.0 Å². The maximum Gasteiger partial charge on any atom is 0.281 e. The van der Waals surface area contributed by atoms with E-state index in [1.54, 1.807) is 0 Å². The summed E-state index contributed by atoms with van der Waals surface area (Å²) in [5.41, 5.74) is -1.56. The average molecular weight is 268 g/mol. The lowest BCUT2D eigenvalue weighted by Crippen LogP contribution is -2.15. The van der Waals surface area contributed by atoms with Crippen LogP contribution in [0.3, 0.4) is 0 Å². The first-order valence-corrected chi connectivity index (χ1v) is 5.61. The summed E-state index contributed by atoms with van der Waals surface area (Å²) >= 11 is 5.39. The first kappa shape index (κ1) is 12.8. The number of halogens is 3. The number of primary sulfonamides is 1. The van der Waals surface area contributed by atoms with Crippen molar-refractivity contribution in [3.8, 4) is 6.07 Å². The van der Waals surface area contributed by atoms with E-state index in [-0.39, 0.29) is 0 Å². The summed E-state index contributed by atoms with van der Waals surface area (Å²) in [6, 6.07) is 2.05. The smallest absolute Gasteiger partial charge is 0.233 e. The Morgan fingerprint density at radius 2 is 2.12 bits per heavy atom. The lowest BCUT2D eigenvalue weighted by molar-refractivity contribution is 0.146. The molecule has 86 valence electrons. The molecule has 1 heterocycles. The molecule has 0 radical (unpaired) electrons.